The van der Waals surface area contributed by atoms with Gasteiger partial charge in [-0.25, -0.2) is 17.9 Å². The van der Waals surface area contributed by atoms with Gasteiger partial charge in [0.05, 0.1) is 19.1 Å². The molecule has 1 atom stereocenters. The number of esters is 1. The Bertz CT molecular complexity index is 599. The number of rotatable bonds is 7. The summed E-state index contributed by atoms with van der Waals surface area (Å²) in [6.45, 7) is 2.01. The lowest BCUT2D eigenvalue weighted by atomic mass is 10.2. The SMILES string of the molecule is COC(=O)c1cc(S(=O)(=O)NCCC(C)N)ccc1OC. The number of sulfonamides is 1. The Morgan fingerprint density at radius 2 is 2.05 bits per heavy atom. The van der Waals surface area contributed by atoms with Gasteiger partial charge in [0.25, 0.3) is 0 Å². The normalized spacial score (nSPS) is 12.8. The lowest BCUT2D eigenvalue weighted by Crippen LogP contribution is -2.29. The molecule has 1 aromatic carbocycles. The number of hydrogen-bond donors (Lipinski definition) is 2. The number of hydrogen-bond acceptors (Lipinski definition) is 6. The van der Waals surface area contributed by atoms with E-state index in [0.717, 1.165) is 0 Å². The van der Waals surface area contributed by atoms with Gasteiger partial charge in [-0.2, -0.15) is 0 Å². The number of carbonyl (C=O) groups excluding carboxylic acids is 1. The monoisotopic (exact) mass is 316 g/mol. The first-order valence-electron chi connectivity index (χ1n) is 6.33. The predicted octanol–water partition coefficient (Wildman–Crippen LogP) is 0.497. The Kier molecular flexibility index (Phi) is 6.13. The number of nitrogens with one attached hydrogen (secondary N) is 1. The molecule has 7 nitrogen and oxygen atoms in total. The highest BCUT2D eigenvalue weighted by Gasteiger charge is 2.20. The summed E-state index contributed by atoms with van der Waals surface area (Å²) in [5.41, 5.74) is 5.62. The summed E-state index contributed by atoms with van der Waals surface area (Å²) in [7, 11) is -1.12. The summed E-state index contributed by atoms with van der Waals surface area (Å²) in [6.07, 6.45) is 0.513. The van der Waals surface area contributed by atoms with E-state index in [1.54, 1.807) is 6.92 Å². The van der Waals surface area contributed by atoms with Crippen LogP contribution in [0.4, 0.5) is 0 Å². The molecule has 0 fully saturated rings. The van der Waals surface area contributed by atoms with Crippen LogP contribution in [0, 0.1) is 0 Å². The van der Waals surface area contributed by atoms with Gasteiger partial charge in [0, 0.05) is 12.6 Å². The molecule has 0 bridgehead atoms. The molecule has 0 aromatic heterocycles. The molecular formula is C13H20N2O5S. The van der Waals surface area contributed by atoms with Crippen molar-refractivity contribution >= 4 is 16.0 Å². The van der Waals surface area contributed by atoms with E-state index in [-0.39, 0.29) is 28.8 Å². The Morgan fingerprint density at radius 3 is 2.57 bits per heavy atom. The minimum atomic E-state index is -3.71. The average molecular weight is 316 g/mol. The van der Waals surface area contributed by atoms with Crippen LogP contribution in [0.3, 0.4) is 0 Å². The molecule has 0 aliphatic heterocycles. The van der Waals surface area contributed by atoms with Crippen LogP contribution in [0.25, 0.3) is 0 Å². The van der Waals surface area contributed by atoms with Crippen molar-refractivity contribution in [1.29, 1.82) is 0 Å². The summed E-state index contributed by atoms with van der Waals surface area (Å²) in [5.74, 6) is -0.420. The third-order valence-electron chi connectivity index (χ3n) is 2.78. The van der Waals surface area contributed by atoms with Crippen LogP contribution in [-0.2, 0) is 14.8 Å². The van der Waals surface area contributed by atoms with Crippen molar-refractivity contribution in [2.45, 2.75) is 24.3 Å². The van der Waals surface area contributed by atoms with Crippen molar-refractivity contribution in [2.75, 3.05) is 20.8 Å². The minimum Gasteiger partial charge on any atom is -0.496 e. The van der Waals surface area contributed by atoms with E-state index >= 15 is 0 Å². The van der Waals surface area contributed by atoms with E-state index in [2.05, 4.69) is 9.46 Å². The molecule has 0 heterocycles. The first-order chi connectivity index (χ1) is 9.81. The minimum absolute atomic E-state index is 0.0339. The number of ether oxygens (including phenoxy) is 2. The molecule has 0 saturated carbocycles. The molecule has 0 aliphatic carbocycles. The molecule has 8 heteroatoms. The Labute approximate surface area is 124 Å². The number of nitrogens with two attached hydrogens (primary N) is 1. The molecule has 118 valence electrons. The summed E-state index contributed by atoms with van der Waals surface area (Å²) < 4.78 is 36.3. The summed E-state index contributed by atoms with van der Waals surface area (Å²) in [5, 5.41) is 0. The van der Waals surface area contributed by atoms with Crippen LogP contribution in [0.2, 0.25) is 0 Å². The Balaban J connectivity index is 3.05. The molecule has 21 heavy (non-hydrogen) atoms. The molecule has 0 radical (unpaired) electrons. The highest BCUT2D eigenvalue weighted by Crippen LogP contribution is 2.23. The van der Waals surface area contributed by atoms with Gasteiger partial charge in [0.1, 0.15) is 11.3 Å². The van der Waals surface area contributed by atoms with Crippen LogP contribution in [0.15, 0.2) is 23.1 Å². The maximum atomic E-state index is 12.1. The van der Waals surface area contributed by atoms with Crippen molar-refractivity contribution in [3.05, 3.63) is 23.8 Å². The lowest BCUT2D eigenvalue weighted by molar-refractivity contribution is 0.0597. The van der Waals surface area contributed by atoms with E-state index in [1.807, 2.05) is 0 Å². The van der Waals surface area contributed by atoms with E-state index in [9.17, 15) is 13.2 Å². The molecule has 1 aromatic rings. The highest BCUT2D eigenvalue weighted by atomic mass is 32.2. The molecule has 1 rings (SSSR count). The maximum Gasteiger partial charge on any atom is 0.341 e. The fourth-order valence-electron chi connectivity index (χ4n) is 1.63. The van der Waals surface area contributed by atoms with Crippen molar-refractivity contribution in [3.63, 3.8) is 0 Å². The molecule has 3 N–H and O–H groups in total. The highest BCUT2D eigenvalue weighted by molar-refractivity contribution is 7.89. The van der Waals surface area contributed by atoms with Crippen LogP contribution < -0.4 is 15.2 Å². The van der Waals surface area contributed by atoms with Crippen molar-refractivity contribution in [2.24, 2.45) is 5.73 Å². The lowest BCUT2D eigenvalue weighted by Gasteiger charge is -2.11. The zero-order chi connectivity index (χ0) is 16.0. The topological polar surface area (TPSA) is 108 Å². The first kappa shape index (κ1) is 17.4. The standard InChI is InChI=1S/C13H20N2O5S/c1-9(14)6-7-15-21(17,18)10-4-5-12(19-2)11(8-10)13(16)20-3/h4-5,8-9,15H,6-7,14H2,1-3H3. The van der Waals surface area contributed by atoms with Crippen molar-refractivity contribution in [1.82, 2.24) is 4.72 Å². The number of benzene rings is 1. The Morgan fingerprint density at radius 1 is 1.38 bits per heavy atom. The van der Waals surface area contributed by atoms with Crippen molar-refractivity contribution in [3.8, 4) is 5.75 Å². The van der Waals surface area contributed by atoms with Crippen LogP contribution in [-0.4, -0.2) is 41.2 Å². The average Bonchev–Trinajstić information content (AvgIpc) is 2.45. The molecule has 0 spiro atoms. The van der Waals surface area contributed by atoms with E-state index in [4.69, 9.17) is 10.5 Å². The smallest absolute Gasteiger partial charge is 0.341 e. The van der Waals surface area contributed by atoms with Gasteiger partial charge in [-0.05, 0) is 31.5 Å². The van der Waals surface area contributed by atoms with Crippen LogP contribution in [0.5, 0.6) is 5.75 Å². The van der Waals surface area contributed by atoms with E-state index in [0.29, 0.717) is 6.42 Å². The molecule has 0 amide bonds. The van der Waals surface area contributed by atoms with E-state index < -0.39 is 16.0 Å². The zero-order valence-corrected chi connectivity index (χ0v) is 13.1. The number of carbonyl (C=O) groups is 1. The van der Waals surface area contributed by atoms with Gasteiger partial charge in [-0.1, -0.05) is 0 Å². The fourth-order valence-corrected chi connectivity index (χ4v) is 2.70. The summed E-state index contributed by atoms with van der Waals surface area (Å²) in [4.78, 5) is 11.6. The largest absolute Gasteiger partial charge is 0.496 e. The van der Waals surface area contributed by atoms with Gasteiger partial charge in [-0.3, -0.25) is 0 Å². The number of methoxy groups -OCH3 is 2. The molecule has 0 saturated heterocycles. The van der Waals surface area contributed by atoms with Crippen LogP contribution >= 0.6 is 0 Å². The second-order valence-electron chi connectivity index (χ2n) is 4.52. The zero-order valence-electron chi connectivity index (χ0n) is 12.3. The van der Waals surface area contributed by atoms with Gasteiger partial charge < -0.3 is 15.2 Å². The third kappa shape index (κ3) is 4.69. The van der Waals surface area contributed by atoms with Gasteiger partial charge in [0.15, 0.2) is 0 Å². The summed E-state index contributed by atoms with van der Waals surface area (Å²) >= 11 is 0. The molecule has 1 unspecified atom stereocenters. The van der Waals surface area contributed by atoms with Gasteiger partial charge in [0.2, 0.25) is 10.0 Å². The second-order valence-corrected chi connectivity index (χ2v) is 6.28. The van der Waals surface area contributed by atoms with Crippen molar-refractivity contribution < 1.29 is 22.7 Å². The predicted molar refractivity (Wildman–Crippen MR) is 77.8 cm³/mol. The summed E-state index contributed by atoms with van der Waals surface area (Å²) in [6, 6.07) is 3.89. The van der Waals surface area contributed by atoms with Gasteiger partial charge >= 0.3 is 5.97 Å². The fraction of sp³-hybridized carbons (Fsp3) is 0.462. The quantitative estimate of drug-likeness (QED) is 0.709. The Hall–Kier alpha value is -1.64. The van der Waals surface area contributed by atoms with Crippen LogP contribution in [0.1, 0.15) is 23.7 Å². The van der Waals surface area contributed by atoms with Gasteiger partial charge in [-0.15, -0.1) is 0 Å². The third-order valence-corrected chi connectivity index (χ3v) is 4.24. The maximum absolute atomic E-state index is 12.1. The second kappa shape index (κ2) is 7.39. The van der Waals surface area contributed by atoms with E-state index in [1.165, 1.54) is 32.4 Å². The molecular weight excluding hydrogens is 296 g/mol. The first-order valence-corrected chi connectivity index (χ1v) is 7.81. The molecule has 0 aliphatic rings.